The summed E-state index contributed by atoms with van der Waals surface area (Å²) in [7, 11) is 0. The Kier molecular flexibility index (Phi) is 4.07. The van der Waals surface area contributed by atoms with Crippen molar-refractivity contribution in [3.05, 3.63) is 0 Å². The van der Waals surface area contributed by atoms with Gasteiger partial charge in [0.25, 0.3) is 0 Å². The van der Waals surface area contributed by atoms with Crippen molar-refractivity contribution < 1.29 is 5.11 Å². The maximum Gasteiger partial charge on any atom is 0.0766 e. The summed E-state index contributed by atoms with van der Waals surface area (Å²) in [5.41, 5.74) is -0.562. The average molecular weight is 203 g/mol. The first-order valence-electron chi connectivity index (χ1n) is 5.06. The Morgan fingerprint density at radius 2 is 2.31 bits per heavy atom. The smallest absolute Gasteiger partial charge is 0.0766 e. The first-order chi connectivity index (χ1) is 6.02. The van der Waals surface area contributed by atoms with Crippen LogP contribution in [0.5, 0.6) is 0 Å². The van der Waals surface area contributed by atoms with Gasteiger partial charge in [0.15, 0.2) is 0 Å². The summed E-state index contributed by atoms with van der Waals surface area (Å²) >= 11 is 2.00. The van der Waals surface area contributed by atoms with Gasteiger partial charge in [-0.15, -0.1) is 0 Å². The van der Waals surface area contributed by atoms with E-state index in [9.17, 15) is 5.11 Å². The van der Waals surface area contributed by atoms with Gasteiger partial charge in [0, 0.05) is 18.3 Å². The van der Waals surface area contributed by atoms with Crippen molar-refractivity contribution in [1.29, 1.82) is 0 Å². The molecular weight excluding hydrogens is 182 g/mol. The van der Waals surface area contributed by atoms with Crippen LogP contribution in [0.4, 0.5) is 0 Å². The molecule has 1 fully saturated rings. The van der Waals surface area contributed by atoms with Crippen LogP contribution in [0, 0.1) is 5.92 Å². The van der Waals surface area contributed by atoms with Crippen LogP contribution in [0.3, 0.4) is 0 Å². The van der Waals surface area contributed by atoms with E-state index in [0.717, 1.165) is 6.54 Å². The van der Waals surface area contributed by atoms with Gasteiger partial charge < -0.3 is 10.4 Å². The quantitative estimate of drug-likeness (QED) is 0.726. The Morgan fingerprint density at radius 1 is 1.62 bits per heavy atom. The zero-order chi connectivity index (χ0) is 9.90. The molecule has 0 aromatic rings. The highest BCUT2D eigenvalue weighted by Crippen LogP contribution is 2.19. The lowest BCUT2D eigenvalue weighted by Gasteiger charge is -2.29. The highest BCUT2D eigenvalue weighted by molar-refractivity contribution is 7.99. The zero-order valence-corrected chi connectivity index (χ0v) is 9.66. The largest absolute Gasteiger partial charge is 0.389 e. The lowest BCUT2D eigenvalue weighted by atomic mass is 9.92. The molecule has 0 spiro atoms. The topological polar surface area (TPSA) is 32.3 Å². The Labute approximate surface area is 85.5 Å². The van der Waals surface area contributed by atoms with Crippen LogP contribution >= 0.6 is 11.8 Å². The second-order valence-electron chi connectivity index (χ2n) is 4.45. The first-order valence-corrected chi connectivity index (χ1v) is 6.21. The van der Waals surface area contributed by atoms with Crippen molar-refractivity contribution in [2.45, 2.75) is 38.8 Å². The van der Waals surface area contributed by atoms with Gasteiger partial charge in [-0.05, 0) is 25.0 Å². The summed E-state index contributed by atoms with van der Waals surface area (Å²) in [5.74, 6) is 2.78. The molecule has 2 unspecified atom stereocenters. The summed E-state index contributed by atoms with van der Waals surface area (Å²) in [6.45, 7) is 6.75. The lowest BCUT2D eigenvalue weighted by Crippen LogP contribution is -2.45. The third-order valence-electron chi connectivity index (χ3n) is 2.92. The Bertz CT molecular complexity index is 153. The number of thioether (sulfide) groups is 1. The fourth-order valence-corrected chi connectivity index (χ4v) is 2.44. The van der Waals surface area contributed by atoms with Crippen LogP contribution in [-0.4, -0.2) is 34.8 Å². The minimum atomic E-state index is -0.562. The van der Waals surface area contributed by atoms with Gasteiger partial charge in [-0.3, -0.25) is 0 Å². The molecular formula is C10H21NOS. The van der Waals surface area contributed by atoms with Crippen molar-refractivity contribution >= 4 is 11.8 Å². The average Bonchev–Trinajstić information content (AvgIpc) is 2.52. The summed E-state index contributed by atoms with van der Waals surface area (Å²) in [4.78, 5) is 0. The van der Waals surface area contributed by atoms with E-state index >= 15 is 0 Å². The normalized spacial score (nSPS) is 27.9. The molecule has 13 heavy (non-hydrogen) atoms. The molecule has 1 aliphatic rings. The molecule has 1 aliphatic heterocycles. The number of nitrogens with one attached hydrogen (secondary N) is 1. The van der Waals surface area contributed by atoms with Gasteiger partial charge in [-0.25, -0.2) is 0 Å². The molecule has 1 saturated heterocycles. The maximum absolute atomic E-state index is 9.98. The molecule has 0 radical (unpaired) electrons. The van der Waals surface area contributed by atoms with Crippen LogP contribution in [-0.2, 0) is 0 Å². The summed E-state index contributed by atoms with van der Waals surface area (Å²) in [5, 5.41) is 13.4. The maximum atomic E-state index is 9.98. The minimum Gasteiger partial charge on any atom is -0.389 e. The Hall–Kier alpha value is 0.270. The van der Waals surface area contributed by atoms with E-state index in [-0.39, 0.29) is 0 Å². The molecule has 1 rings (SSSR count). The van der Waals surface area contributed by atoms with Crippen molar-refractivity contribution in [3.63, 3.8) is 0 Å². The van der Waals surface area contributed by atoms with Gasteiger partial charge in [0.2, 0.25) is 0 Å². The predicted molar refractivity (Wildman–Crippen MR) is 59.2 cm³/mol. The third-order valence-corrected chi connectivity index (χ3v) is 4.08. The van der Waals surface area contributed by atoms with Gasteiger partial charge in [0.1, 0.15) is 0 Å². The summed E-state index contributed by atoms with van der Waals surface area (Å²) < 4.78 is 0. The standard InChI is InChI=1S/C10H21NOS/c1-8(2)10(3,12)7-11-9-4-5-13-6-9/h8-9,11-12H,4-7H2,1-3H3. The van der Waals surface area contributed by atoms with Crippen LogP contribution in [0.15, 0.2) is 0 Å². The molecule has 2 nitrogen and oxygen atoms in total. The molecule has 2 N–H and O–H groups in total. The Balaban J connectivity index is 2.24. The minimum absolute atomic E-state index is 0.314. The fraction of sp³-hybridized carbons (Fsp3) is 1.00. The number of aliphatic hydroxyl groups is 1. The molecule has 0 aliphatic carbocycles. The molecule has 78 valence electrons. The highest BCUT2D eigenvalue weighted by atomic mass is 32.2. The number of rotatable bonds is 4. The molecule has 0 aromatic heterocycles. The predicted octanol–water partition coefficient (Wildman–Crippen LogP) is 1.49. The molecule has 0 saturated carbocycles. The number of hydrogen-bond donors (Lipinski definition) is 2. The van der Waals surface area contributed by atoms with Crippen LogP contribution < -0.4 is 5.32 Å². The van der Waals surface area contributed by atoms with Crippen molar-refractivity contribution in [1.82, 2.24) is 5.32 Å². The first kappa shape index (κ1) is 11.3. The van der Waals surface area contributed by atoms with Crippen LogP contribution in [0.25, 0.3) is 0 Å². The fourth-order valence-electron chi connectivity index (χ4n) is 1.25. The van der Waals surface area contributed by atoms with E-state index in [1.807, 2.05) is 18.7 Å². The van der Waals surface area contributed by atoms with E-state index < -0.39 is 5.60 Å². The second-order valence-corrected chi connectivity index (χ2v) is 5.60. The van der Waals surface area contributed by atoms with E-state index in [1.54, 1.807) is 0 Å². The van der Waals surface area contributed by atoms with Gasteiger partial charge in [0.05, 0.1) is 5.60 Å². The zero-order valence-electron chi connectivity index (χ0n) is 8.84. The van der Waals surface area contributed by atoms with E-state index in [2.05, 4.69) is 19.2 Å². The van der Waals surface area contributed by atoms with Crippen molar-refractivity contribution in [2.24, 2.45) is 5.92 Å². The highest BCUT2D eigenvalue weighted by Gasteiger charge is 2.26. The molecule has 3 heteroatoms. The summed E-state index contributed by atoms with van der Waals surface area (Å²) in [6.07, 6.45) is 1.25. The molecule has 0 bridgehead atoms. The SMILES string of the molecule is CC(C)C(C)(O)CNC1CCSC1. The molecule has 0 aromatic carbocycles. The van der Waals surface area contributed by atoms with Gasteiger partial charge in [-0.1, -0.05) is 13.8 Å². The second kappa shape index (κ2) is 4.67. The third kappa shape index (κ3) is 3.49. The van der Waals surface area contributed by atoms with Gasteiger partial charge >= 0.3 is 0 Å². The number of hydrogen-bond acceptors (Lipinski definition) is 3. The van der Waals surface area contributed by atoms with Crippen LogP contribution in [0.1, 0.15) is 27.2 Å². The van der Waals surface area contributed by atoms with E-state index in [4.69, 9.17) is 0 Å². The van der Waals surface area contributed by atoms with Crippen molar-refractivity contribution in [3.8, 4) is 0 Å². The Morgan fingerprint density at radius 3 is 2.77 bits per heavy atom. The monoisotopic (exact) mass is 203 g/mol. The van der Waals surface area contributed by atoms with E-state index in [1.165, 1.54) is 17.9 Å². The molecule has 2 atom stereocenters. The van der Waals surface area contributed by atoms with Crippen molar-refractivity contribution in [2.75, 3.05) is 18.1 Å². The molecule has 1 heterocycles. The summed E-state index contributed by atoms with van der Waals surface area (Å²) in [6, 6.07) is 0.621. The van der Waals surface area contributed by atoms with Crippen LogP contribution in [0.2, 0.25) is 0 Å². The van der Waals surface area contributed by atoms with Gasteiger partial charge in [-0.2, -0.15) is 11.8 Å². The molecule has 0 amide bonds. The lowest BCUT2D eigenvalue weighted by molar-refractivity contribution is 0.0124. The van der Waals surface area contributed by atoms with E-state index in [0.29, 0.717) is 12.0 Å².